The second kappa shape index (κ2) is 4.05. The van der Waals surface area contributed by atoms with Crippen LogP contribution in [-0.2, 0) is 0 Å². The van der Waals surface area contributed by atoms with Gasteiger partial charge in [0.15, 0.2) is 0 Å². The first kappa shape index (κ1) is 11.6. The van der Waals surface area contributed by atoms with Crippen molar-refractivity contribution in [2.75, 3.05) is 0 Å². The van der Waals surface area contributed by atoms with E-state index in [0.29, 0.717) is 13.4 Å². The molecule has 88 valence electrons. The van der Waals surface area contributed by atoms with E-state index in [0.717, 1.165) is 0 Å². The van der Waals surface area contributed by atoms with Gasteiger partial charge in [0.05, 0.1) is 0 Å². The number of rotatable bonds is 0. The SMILES string of the molecule is CB1c2ccc(C)cc2B(C)c2ccc(C)cc21. The maximum atomic E-state index is 2.36. The Morgan fingerprint density at radius 1 is 0.611 bits per heavy atom. The lowest BCUT2D eigenvalue weighted by atomic mass is 9.25. The summed E-state index contributed by atoms with van der Waals surface area (Å²) in [4.78, 5) is 0. The summed E-state index contributed by atoms with van der Waals surface area (Å²) in [7, 11) is 0. The van der Waals surface area contributed by atoms with Gasteiger partial charge in [0.2, 0.25) is 13.4 Å². The molecule has 0 radical (unpaired) electrons. The predicted octanol–water partition coefficient (Wildman–Crippen LogP) is 1.09. The topological polar surface area (TPSA) is 0 Å². The van der Waals surface area contributed by atoms with Gasteiger partial charge in [0.25, 0.3) is 0 Å². The first-order valence-corrected chi connectivity index (χ1v) is 6.79. The smallest absolute Gasteiger partial charge is 0.0794 e. The van der Waals surface area contributed by atoms with Crippen molar-refractivity contribution in [2.45, 2.75) is 27.5 Å². The Morgan fingerprint density at radius 3 is 1.39 bits per heavy atom. The molecular weight excluding hydrogens is 214 g/mol. The van der Waals surface area contributed by atoms with Gasteiger partial charge in [0.1, 0.15) is 0 Å². The van der Waals surface area contributed by atoms with Crippen LogP contribution in [0.3, 0.4) is 0 Å². The maximum Gasteiger partial charge on any atom is 0.204 e. The van der Waals surface area contributed by atoms with E-state index in [2.05, 4.69) is 63.9 Å². The molecule has 0 bridgehead atoms. The van der Waals surface area contributed by atoms with Crippen molar-refractivity contribution in [2.24, 2.45) is 0 Å². The van der Waals surface area contributed by atoms with Crippen LogP contribution in [0, 0.1) is 13.8 Å². The van der Waals surface area contributed by atoms with Crippen molar-refractivity contribution in [3.8, 4) is 0 Å². The number of aryl methyl sites for hydroxylation is 2. The Hall–Kier alpha value is -1.43. The van der Waals surface area contributed by atoms with Crippen LogP contribution in [-0.4, -0.2) is 13.4 Å². The van der Waals surface area contributed by atoms with E-state index in [-0.39, 0.29) is 0 Å². The quantitative estimate of drug-likeness (QED) is 0.596. The average molecular weight is 232 g/mol. The maximum absolute atomic E-state index is 2.36. The fraction of sp³-hybridized carbons (Fsp3) is 0.250. The van der Waals surface area contributed by atoms with E-state index in [9.17, 15) is 0 Å². The van der Waals surface area contributed by atoms with Gasteiger partial charge in [-0.3, -0.25) is 0 Å². The Labute approximate surface area is 111 Å². The molecular formula is C16H18B2. The molecule has 0 amide bonds. The summed E-state index contributed by atoms with van der Waals surface area (Å²) >= 11 is 0. The molecule has 1 aliphatic rings. The summed E-state index contributed by atoms with van der Waals surface area (Å²) in [5.74, 6) is 0. The molecule has 1 heterocycles. The molecule has 0 aromatic heterocycles. The van der Waals surface area contributed by atoms with E-state index < -0.39 is 0 Å². The summed E-state index contributed by atoms with van der Waals surface area (Å²) in [5.41, 5.74) is 8.77. The van der Waals surface area contributed by atoms with E-state index in [1.807, 2.05) is 0 Å². The largest absolute Gasteiger partial charge is 0.204 e. The van der Waals surface area contributed by atoms with Crippen molar-refractivity contribution < 1.29 is 0 Å². The van der Waals surface area contributed by atoms with Crippen LogP contribution in [0.2, 0.25) is 13.6 Å². The van der Waals surface area contributed by atoms with Gasteiger partial charge < -0.3 is 0 Å². The van der Waals surface area contributed by atoms with Crippen LogP contribution in [0.5, 0.6) is 0 Å². The Bertz CT molecular complexity index is 561. The zero-order chi connectivity index (χ0) is 12.9. The van der Waals surface area contributed by atoms with E-state index >= 15 is 0 Å². The molecule has 0 unspecified atom stereocenters. The average Bonchev–Trinajstić information content (AvgIpc) is 2.36. The highest BCUT2D eigenvalue weighted by Crippen LogP contribution is 2.04. The summed E-state index contributed by atoms with van der Waals surface area (Å²) in [6.07, 6.45) is 0. The van der Waals surface area contributed by atoms with Gasteiger partial charge in [-0.1, -0.05) is 83.0 Å². The minimum Gasteiger partial charge on any atom is -0.0794 e. The van der Waals surface area contributed by atoms with Crippen LogP contribution < -0.4 is 21.9 Å². The van der Waals surface area contributed by atoms with Gasteiger partial charge in [-0.2, -0.15) is 0 Å². The second-order valence-corrected chi connectivity index (χ2v) is 5.71. The van der Waals surface area contributed by atoms with Crippen molar-refractivity contribution in [1.29, 1.82) is 0 Å². The first-order valence-electron chi connectivity index (χ1n) is 6.79. The molecule has 0 saturated heterocycles. The molecule has 2 aromatic carbocycles. The van der Waals surface area contributed by atoms with Gasteiger partial charge in [-0.25, -0.2) is 0 Å². The fourth-order valence-corrected chi connectivity index (χ4v) is 3.26. The molecule has 0 fully saturated rings. The third-order valence-electron chi connectivity index (χ3n) is 4.35. The lowest BCUT2D eigenvalue weighted by molar-refractivity contribution is 1.49. The normalized spacial score (nSPS) is 13.3. The van der Waals surface area contributed by atoms with Crippen LogP contribution >= 0.6 is 0 Å². The number of benzene rings is 2. The molecule has 2 aromatic rings. The van der Waals surface area contributed by atoms with Gasteiger partial charge in [-0.15, -0.1) is 0 Å². The molecule has 0 nitrogen and oxygen atoms in total. The Morgan fingerprint density at radius 2 is 1.00 bits per heavy atom. The third-order valence-corrected chi connectivity index (χ3v) is 4.35. The monoisotopic (exact) mass is 232 g/mol. The van der Waals surface area contributed by atoms with E-state index in [1.165, 1.54) is 33.0 Å². The van der Waals surface area contributed by atoms with Gasteiger partial charge >= 0.3 is 0 Å². The minimum absolute atomic E-state index is 0.520. The number of hydrogen-bond donors (Lipinski definition) is 0. The zero-order valence-corrected chi connectivity index (χ0v) is 11.6. The molecule has 0 aliphatic carbocycles. The van der Waals surface area contributed by atoms with Crippen LogP contribution in [0.15, 0.2) is 36.4 Å². The molecule has 0 N–H and O–H groups in total. The van der Waals surface area contributed by atoms with Gasteiger partial charge in [-0.05, 0) is 13.8 Å². The lowest BCUT2D eigenvalue weighted by Gasteiger charge is -2.28. The minimum atomic E-state index is 0.520. The molecule has 0 saturated carbocycles. The van der Waals surface area contributed by atoms with Crippen molar-refractivity contribution >= 4 is 35.3 Å². The van der Waals surface area contributed by atoms with Gasteiger partial charge in [0, 0.05) is 0 Å². The van der Waals surface area contributed by atoms with Crippen molar-refractivity contribution in [3.05, 3.63) is 47.5 Å². The molecule has 1 aliphatic heterocycles. The fourth-order valence-electron chi connectivity index (χ4n) is 3.26. The Kier molecular flexibility index (Phi) is 2.62. The lowest BCUT2D eigenvalue weighted by Crippen LogP contribution is -2.66. The molecule has 18 heavy (non-hydrogen) atoms. The molecule has 2 heteroatoms. The zero-order valence-electron chi connectivity index (χ0n) is 11.6. The number of hydrogen-bond acceptors (Lipinski definition) is 0. The highest BCUT2D eigenvalue weighted by molar-refractivity contribution is 7.01. The van der Waals surface area contributed by atoms with Crippen molar-refractivity contribution in [3.63, 3.8) is 0 Å². The third kappa shape index (κ3) is 1.63. The summed E-state index contributed by atoms with van der Waals surface area (Å²) in [5, 5.41) is 0. The standard InChI is InChI=1S/C16H18B2/c1-11-5-7-13-15(9-11)17(3)14-8-6-12(2)10-16(14)18(13)4/h5-10H,1-4H3. The molecule has 3 rings (SSSR count). The molecule has 0 atom stereocenters. The summed E-state index contributed by atoms with van der Waals surface area (Å²) < 4.78 is 0. The molecule has 0 spiro atoms. The Balaban J connectivity index is 2.24. The predicted molar refractivity (Wildman–Crippen MR) is 84.1 cm³/mol. The van der Waals surface area contributed by atoms with Crippen LogP contribution in [0.25, 0.3) is 0 Å². The highest BCUT2D eigenvalue weighted by Gasteiger charge is 2.31. The van der Waals surface area contributed by atoms with Crippen molar-refractivity contribution in [1.82, 2.24) is 0 Å². The van der Waals surface area contributed by atoms with Crippen LogP contribution in [0.4, 0.5) is 0 Å². The van der Waals surface area contributed by atoms with E-state index in [1.54, 1.807) is 0 Å². The first-order chi connectivity index (χ1) is 8.58. The number of fused-ring (bicyclic) bond motifs is 2. The van der Waals surface area contributed by atoms with E-state index in [4.69, 9.17) is 0 Å². The summed E-state index contributed by atoms with van der Waals surface area (Å²) in [6.45, 7) is 10.1. The highest BCUT2D eigenvalue weighted by atomic mass is 14.1. The second-order valence-electron chi connectivity index (χ2n) is 5.71. The van der Waals surface area contributed by atoms with Crippen LogP contribution in [0.1, 0.15) is 11.1 Å². The summed E-state index contributed by atoms with van der Waals surface area (Å²) in [6, 6.07) is 13.8.